The van der Waals surface area contributed by atoms with E-state index in [0.29, 0.717) is 22.1 Å². The van der Waals surface area contributed by atoms with E-state index in [1.54, 1.807) is 20.4 Å². The largest absolute Gasteiger partial charge is 0.481 e. The number of urea groups is 1. The number of aromatic nitrogens is 4. The normalized spacial score (nSPS) is 17.8. The number of hydrogen-bond donors (Lipinski definition) is 4. The Hall–Kier alpha value is -5.00. The number of ether oxygens (including phenoxy) is 1. The van der Waals surface area contributed by atoms with Gasteiger partial charge in [0.25, 0.3) is 5.56 Å². The van der Waals surface area contributed by atoms with Crippen LogP contribution >= 0.6 is 11.6 Å². The van der Waals surface area contributed by atoms with Crippen LogP contribution in [0.15, 0.2) is 59.5 Å². The number of aryl methyl sites for hydroxylation is 3. The van der Waals surface area contributed by atoms with Crippen molar-refractivity contribution in [3.63, 3.8) is 0 Å². The molecule has 252 valence electrons. The van der Waals surface area contributed by atoms with Gasteiger partial charge in [-0.25, -0.2) is 19.4 Å². The van der Waals surface area contributed by atoms with E-state index in [0.717, 1.165) is 90.0 Å². The molecule has 1 atom stereocenters. The summed E-state index contributed by atoms with van der Waals surface area (Å²) in [5.74, 6) is 1.19. The van der Waals surface area contributed by atoms with Gasteiger partial charge in [-0.2, -0.15) is 5.10 Å². The number of nitrogens with zero attached hydrogens (tertiary/aromatic N) is 4. The van der Waals surface area contributed by atoms with Crippen molar-refractivity contribution in [2.45, 2.75) is 45.1 Å². The predicted molar refractivity (Wildman–Crippen MR) is 193 cm³/mol. The number of amides is 2. The molecule has 0 bridgehead atoms. The van der Waals surface area contributed by atoms with Gasteiger partial charge in [0.2, 0.25) is 5.88 Å². The summed E-state index contributed by atoms with van der Waals surface area (Å²) in [6.45, 7) is 6.64. The van der Waals surface area contributed by atoms with Gasteiger partial charge in [0.1, 0.15) is 5.82 Å². The molecule has 0 radical (unpaired) electrons. The molecule has 2 fully saturated rings. The van der Waals surface area contributed by atoms with Crippen LogP contribution in [0.2, 0.25) is 5.02 Å². The Labute approximate surface area is 289 Å². The highest BCUT2D eigenvalue weighted by Gasteiger charge is 2.39. The van der Waals surface area contributed by atoms with E-state index in [2.05, 4.69) is 37.4 Å². The highest BCUT2D eigenvalue weighted by molar-refractivity contribution is 6.36. The molecule has 0 saturated carbocycles. The first-order valence-electron chi connectivity index (χ1n) is 16.5. The van der Waals surface area contributed by atoms with Crippen molar-refractivity contribution in [3.8, 4) is 28.3 Å². The number of rotatable bonds is 5. The van der Waals surface area contributed by atoms with Gasteiger partial charge in [0.15, 0.2) is 0 Å². The lowest BCUT2D eigenvalue weighted by Crippen LogP contribution is -2.45. The van der Waals surface area contributed by atoms with Gasteiger partial charge < -0.3 is 26.0 Å². The Balaban J connectivity index is 0.000000322. The summed E-state index contributed by atoms with van der Waals surface area (Å²) in [6, 6.07) is 16.0. The van der Waals surface area contributed by atoms with E-state index >= 15 is 0 Å². The van der Waals surface area contributed by atoms with Crippen LogP contribution in [0, 0.1) is 13.8 Å². The van der Waals surface area contributed by atoms with Crippen LogP contribution in [-0.2, 0) is 19.9 Å². The predicted octanol–water partition coefficient (Wildman–Crippen LogP) is 5.60. The second kappa shape index (κ2) is 13.1. The molecule has 2 amide bonds. The molecule has 49 heavy (non-hydrogen) atoms. The molecule has 1 aliphatic carbocycles. The average molecular weight is 679 g/mol. The van der Waals surface area contributed by atoms with Crippen LogP contribution in [0.1, 0.15) is 35.2 Å². The maximum Gasteiger partial charge on any atom is 0.315 e. The Morgan fingerprint density at radius 1 is 1.00 bits per heavy atom. The number of nitrogens with one attached hydrogen (secondary N) is 4. The highest BCUT2D eigenvalue weighted by Crippen LogP contribution is 2.41. The van der Waals surface area contributed by atoms with E-state index in [9.17, 15) is 9.59 Å². The van der Waals surface area contributed by atoms with E-state index in [4.69, 9.17) is 21.3 Å². The summed E-state index contributed by atoms with van der Waals surface area (Å²) in [7, 11) is 3.31. The zero-order valence-corrected chi connectivity index (χ0v) is 28.8. The molecule has 5 heterocycles. The van der Waals surface area contributed by atoms with Crippen molar-refractivity contribution in [1.29, 1.82) is 0 Å². The standard InChI is InChI=1S/C31H28ClN5O2.C6H11N3O/c1-17-14-20-16-33-37(3)31(38)27(20)29(34-17)35-25-13-7-9-21(18(25)2)23-11-6-12-24(28(23)32)26-15-19-8-5-10-22(19)30(36-26)39-4;10-5-8-4-6(9-5)1-2-7-3-6/h6-7,9,11-16H,5,8,10H2,1-4H3,(H,34,35);7H,1-4H2,(H2,8,9,10). The molecule has 4 N–H and O–H groups in total. The fraction of sp³-hybridized carbons (Fsp3) is 0.324. The fourth-order valence-corrected chi connectivity index (χ4v) is 7.36. The zero-order valence-electron chi connectivity index (χ0n) is 28.0. The van der Waals surface area contributed by atoms with Crippen LogP contribution in [-0.4, -0.2) is 58.1 Å². The van der Waals surface area contributed by atoms with E-state index in [-0.39, 0.29) is 17.1 Å². The molecule has 1 spiro atoms. The molecule has 2 aliphatic heterocycles. The third kappa shape index (κ3) is 6.20. The van der Waals surface area contributed by atoms with Crippen molar-refractivity contribution >= 4 is 39.9 Å². The summed E-state index contributed by atoms with van der Waals surface area (Å²) in [4.78, 5) is 33.2. The van der Waals surface area contributed by atoms with Gasteiger partial charge in [-0.3, -0.25) is 4.79 Å². The Kier molecular flexibility index (Phi) is 8.72. The first-order valence-corrected chi connectivity index (χ1v) is 16.9. The minimum Gasteiger partial charge on any atom is -0.481 e. The van der Waals surface area contributed by atoms with Crippen LogP contribution in [0.4, 0.5) is 16.3 Å². The van der Waals surface area contributed by atoms with Crippen LogP contribution in [0.3, 0.4) is 0 Å². The summed E-state index contributed by atoms with van der Waals surface area (Å²) < 4.78 is 6.94. The third-order valence-corrected chi connectivity index (χ3v) is 10.1. The second-order valence-electron chi connectivity index (χ2n) is 12.9. The molecule has 12 heteroatoms. The minimum absolute atomic E-state index is 0.0244. The van der Waals surface area contributed by atoms with E-state index in [1.807, 2.05) is 56.3 Å². The quantitative estimate of drug-likeness (QED) is 0.189. The monoisotopic (exact) mass is 678 g/mol. The Morgan fingerprint density at radius 2 is 1.80 bits per heavy atom. The molecular formula is C37H39ClN8O3. The fourth-order valence-electron chi connectivity index (χ4n) is 7.04. The van der Waals surface area contributed by atoms with E-state index in [1.165, 1.54) is 15.8 Å². The second-order valence-corrected chi connectivity index (χ2v) is 13.3. The number of hydrogen-bond acceptors (Lipinski definition) is 8. The highest BCUT2D eigenvalue weighted by atomic mass is 35.5. The SMILES string of the molecule is COc1nc(-c2cccc(-c3cccc(Nc4nc(C)cc5cnn(C)c(=O)c45)c3C)c2Cl)cc2c1CCC2.O=C1NCC2(CCNC2)N1. The Bertz CT molecular complexity index is 2160. The lowest BCUT2D eigenvalue weighted by atomic mass is 9.96. The number of halogens is 1. The van der Waals surface area contributed by atoms with Gasteiger partial charge in [-0.1, -0.05) is 41.9 Å². The van der Waals surface area contributed by atoms with Crippen LogP contribution < -0.4 is 31.6 Å². The number of methoxy groups -OCH3 is 1. The summed E-state index contributed by atoms with van der Waals surface area (Å²) in [5, 5.41) is 18.4. The maximum atomic E-state index is 12.9. The molecule has 2 saturated heterocycles. The molecular weight excluding hydrogens is 640 g/mol. The number of benzene rings is 2. The lowest BCUT2D eigenvalue weighted by Gasteiger charge is -2.18. The van der Waals surface area contributed by atoms with Gasteiger partial charge >= 0.3 is 6.03 Å². The topological polar surface area (TPSA) is 135 Å². The molecule has 1 unspecified atom stereocenters. The van der Waals surface area contributed by atoms with Gasteiger partial charge in [-0.05, 0) is 81.0 Å². The minimum atomic E-state index is -0.204. The number of fused-ring (bicyclic) bond motifs is 2. The van der Waals surface area contributed by atoms with Crippen molar-refractivity contribution in [2.75, 3.05) is 32.1 Å². The number of carbonyl (C=O) groups excluding carboxylic acids is 1. The van der Waals surface area contributed by atoms with Crippen molar-refractivity contribution in [3.05, 3.63) is 92.5 Å². The van der Waals surface area contributed by atoms with Crippen molar-refractivity contribution in [1.82, 2.24) is 35.7 Å². The smallest absolute Gasteiger partial charge is 0.315 e. The number of carbonyl (C=O) groups is 1. The maximum absolute atomic E-state index is 12.9. The first kappa shape index (κ1) is 32.5. The average Bonchev–Trinajstić information content (AvgIpc) is 3.85. The van der Waals surface area contributed by atoms with Crippen LogP contribution in [0.25, 0.3) is 33.2 Å². The first-order chi connectivity index (χ1) is 23.7. The van der Waals surface area contributed by atoms with Gasteiger partial charge in [0.05, 0.1) is 34.9 Å². The zero-order chi connectivity index (χ0) is 34.3. The summed E-state index contributed by atoms with van der Waals surface area (Å²) >= 11 is 7.08. The van der Waals surface area contributed by atoms with Crippen molar-refractivity contribution in [2.24, 2.45) is 7.05 Å². The molecule has 3 aliphatic rings. The number of pyridine rings is 2. The van der Waals surface area contributed by atoms with E-state index < -0.39 is 0 Å². The molecule has 11 nitrogen and oxygen atoms in total. The molecule has 3 aromatic heterocycles. The molecule has 8 rings (SSSR count). The summed E-state index contributed by atoms with van der Waals surface area (Å²) in [5.41, 5.74) is 8.48. The summed E-state index contributed by atoms with van der Waals surface area (Å²) in [6.07, 6.45) is 5.86. The third-order valence-electron chi connectivity index (χ3n) is 9.66. The molecule has 2 aromatic carbocycles. The van der Waals surface area contributed by atoms with Crippen molar-refractivity contribution < 1.29 is 9.53 Å². The lowest BCUT2D eigenvalue weighted by molar-refractivity contribution is 0.245. The van der Waals surface area contributed by atoms with Gasteiger partial charge in [-0.15, -0.1) is 0 Å². The molecule has 5 aromatic rings. The number of anilines is 2. The Morgan fingerprint density at radius 3 is 2.55 bits per heavy atom. The van der Waals surface area contributed by atoms with Crippen LogP contribution in [0.5, 0.6) is 5.88 Å². The van der Waals surface area contributed by atoms with Gasteiger partial charge in [0, 0.05) is 53.6 Å².